The molecule has 37 heavy (non-hydrogen) atoms. The van der Waals surface area contributed by atoms with Crippen molar-refractivity contribution in [3.63, 3.8) is 0 Å². The molecule has 0 aliphatic carbocycles. The number of hydrogen-bond donors (Lipinski definition) is 2. The Morgan fingerprint density at radius 2 is 1.22 bits per heavy atom. The molecule has 0 radical (unpaired) electrons. The molecule has 0 heterocycles. The average Bonchev–Trinajstić information content (AvgIpc) is 2.83. The van der Waals surface area contributed by atoms with Crippen LogP contribution in [0.5, 0.6) is 0 Å². The molecular weight excluding hydrogens is 487 g/mol. The van der Waals surface area contributed by atoms with Crippen molar-refractivity contribution < 1.29 is 28.6 Å². The van der Waals surface area contributed by atoms with Crippen LogP contribution in [0.25, 0.3) is 0 Å². The van der Waals surface area contributed by atoms with Gasteiger partial charge in [0.25, 0.3) is 0 Å². The van der Waals surface area contributed by atoms with Gasteiger partial charge in [-0.05, 0) is 19.3 Å². The van der Waals surface area contributed by atoms with Gasteiger partial charge in [0.15, 0.2) is 19.2 Å². The Balaban J connectivity index is 4.36. The van der Waals surface area contributed by atoms with Crippen LogP contribution in [0.1, 0.15) is 129 Å². The van der Waals surface area contributed by atoms with Crippen LogP contribution >= 0.6 is 8.15 Å². The Bertz CT molecular complexity index is 663. The van der Waals surface area contributed by atoms with Gasteiger partial charge in [0, 0.05) is 38.1 Å². The van der Waals surface area contributed by atoms with E-state index in [0.29, 0.717) is 12.8 Å². The maximum absolute atomic E-state index is 12.6. The monoisotopic (exact) mass is 543 g/mol. The number of amides is 1. The van der Waals surface area contributed by atoms with Crippen LogP contribution in [0, 0.1) is 0 Å². The third-order valence-corrected chi connectivity index (χ3v) is 7.93. The highest BCUT2D eigenvalue weighted by molar-refractivity contribution is 7.84. The number of rotatable bonds is 25. The van der Waals surface area contributed by atoms with E-state index in [4.69, 9.17) is 0 Å². The summed E-state index contributed by atoms with van der Waals surface area (Å²) < 4.78 is 0.799. The maximum Gasteiger partial charge on any atom is 0.219 e. The quantitative estimate of drug-likeness (QED) is 0.0805. The molecule has 0 bridgehead atoms. The Morgan fingerprint density at radius 3 is 1.73 bits per heavy atom. The van der Waals surface area contributed by atoms with Gasteiger partial charge in [-0.25, -0.2) is 0 Å². The summed E-state index contributed by atoms with van der Waals surface area (Å²) in [6.45, 7) is 4.85. The molecule has 0 rings (SSSR count). The van der Waals surface area contributed by atoms with Crippen molar-refractivity contribution in [1.29, 1.82) is 0 Å². The first-order chi connectivity index (χ1) is 17.5. The predicted octanol–water partition coefficient (Wildman–Crippen LogP) is 6.25. The van der Waals surface area contributed by atoms with E-state index in [-0.39, 0.29) is 37.4 Å². The van der Waals surface area contributed by atoms with E-state index in [9.17, 15) is 24.1 Å². The highest BCUT2D eigenvalue weighted by Gasteiger charge is 2.28. The molecule has 216 valence electrons. The summed E-state index contributed by atoms with van der Waals surface area (Å²) in [5.41, 5.74) is -0.982. The molecule has 8 heteroatoms. The molecule has 1 amide bonds. The number of carbonyl (C=O) groups is 4. The molecule has 0 spiro atoms. The van der Waals surface area contributed by atoms with Crippen LogP contribution in [0.15, 0.2) is 0 Å². The van der Waals surface area contributed by atoms with E-state index in [1.165, 1.54) is 51.4 Å². The minimum Gasteiger partial charge on any atom is -0.360 e. The summed E-state index contributed by atoms with van der Waals surface area (Å²) in [4.78, 5) is 59.7. The van der Waals surface area contributed by atoms with Crippen LogP contribution in [0.3, 0.4) is 0 Å². The smallest absolute Gasteiger partial charge is 0.219 e. The lowest BCUT2D eigenvalue weighted by Crippen LogP contribution is -2.37. The van der Waals surface area contributed by atoms with Gasteiger partial charge < -0.3 is 14.7 Å². The third kappa shape index (κ3) is 21.5. The Morgan fingerprint density at radius 1 is 0.703 bits per heavy atom. The van der Waals surface area contributed by atoms with Gasteiger partial charge in [-0.15, -0.1) is 0 Å². The van der Waals surface area contributed by atoms with Gasteiger partial charge >= 0.3 is 0 Å². The van der Waals surface area contributed by atoms with Crippen molar-refractivity contribution in [2.75, 3.05) is 27.7 Å². The largest absolute Gasteiger partial charge is 0.360 e. The van der Waals surface area contributed by atoms with E-state index >= 15 is 0 Å². The number of Topliss-reactive ketones (excluding diaryl/α,β-unsaturated/α-hetero) is 1. The summed E-state index contributed by atoms with van der Waals surface area (Å²) in [7, 11) is 3.82. The fourth-order valence-electron chi connectivity index (χ4n) is 4.27. The highest BCUT2D eigenvalue weighted by atomic mass is 31.1. The Kier molecular flexibility index (Phi) is 21.0. The minimum absolute atomic E-state index is 0.0130. The van der Waals surface area contributed by atoms with Gasteiger partial charge in [-0.3, -0.25) is 19.2 Å². The molecule has 0 aliphatic heterocycles. The van der Waals surface area contributed by atoms with Crippen molar-refractivity contribution in [3.05, 3.63) is 0 Å². The minimum atomic E-state index is -2.41. The normalized spacial score (nSPS) is 13.2. The van der Waals surface area contributed by atoms with E-state index in [0.717, 1.165) is 36.7 Å². The highest BCUT2D eigenvalue weighted by Crippen LogP contribution is 2.36. The van der Waals surface area contributed by atoms with Crippen molar-refractivity contribution >= 4 is 30.9 Å². The second-order valence-corrected chi connectivity index (χ2v) is 13.0. The average molecular weight is 544 g/mol. The number of unbranched alkanes of at least 4 members (excludes halogenated alkanes) is 11. The summed E-state index contributed by atoms with van der Waals surface area (Å²) in [5.74, 6) is -0.228. The van der Waals surface area contributed by atoms with E-state index in [1.807, 2.05) is 0 Å². The summed E-state index contributed by atoms with van der Waals surface area (Å²) >= 11 is 0. The zero-order valence-electron chi connectivity index (χ0n) is 24.5. The van der Waals surface area contributed by atoms with Crippen molar-refractivity contribution in [2.24, 2.45) is 0 Å². The van der Waals surface area contributed by atoms with Gasteiger partial charge in [0.2, 0.25) is 5.91 Å². The standard InChI is InChI=1S/C29H55N2O5P/c1-6-8-9-10-11-12-13-14-15-16-17-20-26(32)23-25(30-27(33)7-2)24-29(35)37(36)28(34)21-18-19-22-31(3,4)5/h25,36H,6-24H2,1-5H3/p+1. The van der Waals surface area contributed by atoms with Crippen molar-refractivity contribution in [1.82, 2.24) is 5.32 Å². The molecule has 2 atom stereocenters. The van der Waals surface area contributed by atoms with Crippen LogP contribution in [0.4, 0.5) is 0 Å². The van der Waals surface area contributed by atoms with Crippen LogP contribution in [-0.4, -0.2) is 65.8 Å². The SMILES string of the molecule is CCCCCCCCCCCCCC(=O)CC(CC(=O)P(O)C(=O)CCCC[N+](C)(C)C)NC(=O)CC. The molecule has 0 saturated carbocycles. The lowest BCUT2D eigenvalue weighted by molar-refractivity contribution is -0.870. The Hall–Kier alpha value is -1.17. The molecule has 7 nitrogen and oxygen atoms in total. The van der Waals surface area contributed by atoms with Gasteiger partial charge in [-0.1, -0.05) is 78.1 Å². The lowest BCUT2D eigenvalue weighted by Gasteiger charge is -2.23. The molecule has 0 aromatic carbocycles. The molecule has 0 aromatic rings. The van der Waals surface area contributed by atoms with Gasteiger partial charge in [0.1, 0.15) is 5.78 Å². The van der Waals surface area contributed by atoms with E-state index in [2.05, 4.69) is 33.4 Å². The first kappa shape index (κ1) is 35.8. The van der Waals surface area contributed by atoms with Crippen LogP contribution < -0.4 is 5.32 Å². The molecule has 0 fully saturated rings. The van der Waals surface area contributed by atoms with E-state index in [1.54, 1.807) is 6.92 Å². The molecular formula is C29H56N2O5P+. The molecule has 2 unspecified atom stereocenters. The van der Waals surface area contributed by atoms with Crippen LogP contribution in [-0.2, 0) is 19.2 Å². The van der Waals surface area contributed by atoms with Gasteiger partial charge in [0.05, 0.1) is 27.7 Å². The molecule has 0 aliphatic rings. The van der Waals surface area contributed by atoms with Crippen molar-refractivity contribution in [3.8, 4) is 0 Å². The topological polar surface area (TPSA) is 101 Å². The number of carbonyl (C=O) groups excluding carboxylic acids is 4. The van der Waals surface area contributed by atoms with Crippen LogP contribution in [0.2, 0.25) is 0 Å². The number of nitrogens with zero attached hydrogens (tertiary/aromatic N) is 1. The lowest BCUT2D eigenvalue weighted by atomic mass is 10.0. The first-order valence-corrected chi connectivity index (χ1v) is 16.0. The summed E-state index contributed by atoms with van der Waals surface area (Å²) in [6.07, 6.45) is 15.5. The Labute approximate surface area is 228 Å². The predicted molar refractivity (Wildman–Crippen MR) is 153 cm³/mol. The fraction of sp³-hybridized carbons (Fsp3) is 0.862. The number of quaternary nitrogens is 1. The number of hydrogen-bond acceptors (Lipinski definition) is 5. The van der Waals surface area contributed by atoms with Crippen molar-refractivity contribution in [2.45, 2.75) is 135 Å². The third-order valence-electron chi connectivity index (χ3n) is 6.58. The second-order valence-electron chi connectivity index (χ2n) is 11.4. The zero-order valence-corrected chi connectivity index (χ0v) is 25.4. The molecule has 0 aromatic heterocycles. The van der Waals surface area contributed by atoms with E-state index < -0.39 is 25.2 Å². The summed E-state index contributed by atoms with van der Waals surface area (Å²) in [6, 6.07) is -0.664. The second kappa shape index (κ2) is 21.7. The number of ketones is 1. The number of nitrogens with one attached hydrogen (secondary N) is 1. The zero-order chi connectivity index (χ0) is 28.1. The molecule has 0 saturated heterocycles. The van der Waals surface area contributed by atoms with Gasteiger partial charge in [-0.2, -0.15) is 0 Å². The maximum atomic E-state index is 12.6. The fourth-order valence-corrected chi connectivity index (χ4v) is 5.31. The molecule has 2 N–H and O–H groups in total. The summed E-state index contributed by atoms with van der Waals surface area (Å²) in [5, 5.41) is 2.74. The first-order valence-electron chi connectivity index (χ1n) is 14.7.